The van der Waals surface area contributed by atoms with Crippen molar-refractivity contribution in [2.45, 2.75) is 0 Å². The van der Waals surface area contributed by atoms with E-state index in [1.165, 1.54) is 0 Å². The molecule has 0 amide bonds. The van der Waals surface area contributed by atoms with E-state index >= 15 is 0 Å². The molecule has 0 saturated heterocycles. The SMILES string of the molecule is C=C.C=C.NCCN.NCCN.[CH2]CN. The summed E-state index contributed by atoms with van der Waals surface area (Å²) >= 11 is 0. The Labute approximate surface area is 95.4 Å². The minimum atomic E-state index is 0.500. The standard InChI is InChI=1S/2C2H8N2.C2H6N.2C2H4/c2*3-1-2-4;1-2-3;2*1-2/h2*1-4H2;1-3H2;2*1-2H2. The maximum Gasteiger partial charge on any atom is 0.00461 e. The zero-order valence-corrected chi connectivity index (χ0v) is 9.96. The minimum Gasteiger partial charge on any atom is -0.330 e. The summed E-state index contributed by atoms with van der Waals surface area (Å²) in [6.45, 7) is 18.2. The average Bonchev–Trinajstić information content (AvgIpc) is 2.35. The van der Waals surface area contributed by atoms with Crippen molar-refractivity contribution < 1.29 is 0 Å². The molecule has 0 bridgehead atoms. The van der Waals surface area contributed by atoms with E-state index in [-0.39, 0.29) is 0 Å². The molecule has 0 aliphatic rings. The maximum absolute atomic E-state index is 4.90. The van der Waals surface area contributed by atoms with Gasteiger partial charge < -0.3 is 28.7 Å². The Bertz CT molecular complexity index is 43.1. The van der Waals surface area contributed by atoms with E-state index in [0.717, 1.165) is 0 Å². The highest BCUT2D eigenvalue weighted by atomic mass is 14.6. The van der Waals surface area contributed by atoms with Crippen LogP contribution in [0.1, 0.15) is 0 Å². The van der Waals surface area contributed by atoms with Crippen molar-refractivity contribution in [3.8, 4) is 0 Å². The number of nitrogens with two attached hydrogens (primary N) is 5. The molecule has 15 heavy (non-hydrogen) atoms. The largest absolute Gasteiger partial charge is 0.330 e. The molecule has 95 valence electrons. The Hall–Kier alpha value is -0.720. The minimum absolute atomic E-state index is 0.500. The summed E-state index contributed by atoms with van der Waals surface area (Å²) < 4.78 is 0. The first-order valence-electron chi connectivity index (χ1n) is 4.54. The van der Waals surface area contributed by atoms with Crippen molar-refractivity contribution in [2.75, 3.05) is 32.7 Å². The van der Waals surface area contributed by atoms with Gasteiger partial charge in [0.25, 0.3) is 0 Å². The second-order valence-electron chi connectivity index (χ2n) is 1.44. The van der Waals surface area contributed by atoms with Gasteiger partial charge in [-0.25, -0.2) is 0 Å². The van der Waals surface area contributed by atoms with E-state index in [9.17, 15) is 0 Å². The molecule has 0 saturated carbocycles. The monoisotopic (exact) mass is 220 g/mol. The van der Waals surface area contributed by atoms with Crippen LogP contribution in [0.4, 0.5) is 0 Å². The maximum atomic E-state index is 4.90. The first-order valence-corrected chi connectivity index (χ1v) is 4.54. The lowest BCUT2D eigenvalue weighted by Crippen LogP contribution is -2.11. The van der Waals surface area contributed by atoms with Gasteiger partial charge in [-0.3, -0.25) is 0 Å². The molecule has 0 heterocycles. The van der Waals surface area contributed by atoms with Gasteiger partial charge in [0.05, 0.1) is 0 Å². The summed E-state index contributed by atoms with van der Waals surface area (Å²) in [6, 6.07) is 0. The summed E-state index contributed by atoms with van der Waals surface area (Å²) in [4.78, 5) is 0. The zero-order valence-electron chi connectivity index (χ0n) is 9.96. The summed E-state index contributed by atoms with van der Waals surface area (Å²) in [6.07, 6.45) is 0. The summed E-state index contributed by atoms with van der Waals surface area (Å²) in [7, 11) is 0. The predicted molar refractivity (Wildman–Crippen MR) is 73.1 cm³/mol. The van der Waals surface area contributed by atoms with Gasteiger partial charge in [-0.2, -0.15) is 0 Å². The molecule has 5 heteroatoms. The van der Waals surface area contributed by atoms with Crippen molar-refractivity contribution in [3.63, 3.8) is 0 Å². The van der Waals surface area contributed by atoms with E-state index in [0.29, 0.717) is 32.7 Å². The van der Waals surface area contributed by atoms with Crippen LogP contribution >= 0.6 is 0 Å². The number of hydrogen-bond donors (Lipinski definition) is 5. The molecule has 0 atom stereocenters. The second-order valence-corrected chi connectivity index (χ2v) is 1.44. The molecule has 1 radical (unpaired) electrons. The molecule has 0 unspecified atom stereocenters. The van der Waals surface area contributed by atoms with E-state index in [4.69, 9.17) is 28.7 Å². The lowest BCUT2D eigenvalue weighted by molar-refractivity contribution is 0.976. The van der Waals surface area contributed by atoms with Crippen LogP contribution in [-0.2, 0) is 0 Å². The van der Waals surface area contributed by atoms with Gasteiger partial charge in [0.2, 0.25) is 0 Å². The molecule has 0 aliphatic carbocycles. The first kappa shape index (κ1) is 29.2. The van der Waals surface area contributed by atoms with Crippen molar-refractivity contribution in [1.82, 2.24) is 0 Å². The van der Waals surface area contributed by atoms with E-state index in [1.807, 2.05) is 0 Å². The Morgan fingerprint density at radius 3 is 0.600 bits per heavy atom. The van der Waals surface area contributed by atoms with Crippen LogP contribution in [0.15, 0.2) is 26.3 Å². The fourth-order valence-electron chi connectivity index (χ4n) is 0. The van der Waals surface area contributed by atoms with Crippen LogP contribution < -0.4 is 28.7 Å². The topological polar surface area (TPSA) is 130 Å². The van der Waals surface area contributed by atoms with Gasteiger partial charge in [0.15, 0.2) is 0 Å². The summed E-state index contributed by atoms with van der Waals surface area (Å²) in [5.74, 6) is 0. The zero-order chi connectivity index (χ0) is 13.5. The molecule has 0 aliphatic heterocycles. The van der Waals surface area contributed by atoms with Gasteiger partial charge in [-0.05, 0) is 13.5 Å². The van der Waals surface area contributed by atoms with Crippen molar-refractivity contribution in [2.24, 2.45) is 28.7 Å². The second kappa shape index (κ2) is 109. The van der Waals surface area contributed by atoms with Crippen LogP contribution in [0, 0.1) is 6.92 Å². The van der Waals surface area contributed by atoms with Crippen LogP contribution in [0.25, 0.3) is 0 Å². The van der Waals surface area contributed by atoms with Gasteiger partial charge in [-0.1, -0.05) is 0 Å². The normalized spacial score (nSPS) is 5.73. The van der Waals surface area contributed by atoms with Crippen molar-refractivity contribution >= 4 is 0 Å². The van der Waals surface area contributed by atoms with Crippen LogP contribution in [-0.4, -0.2) is 32.7 Å². The third-order valence-electron chi connectivity index (χ3n) is 0.333. The summed E-state index contributed by atoms with van der Waals surface area (Å²) in [5, 5.41) is 0. The van der Waals surface area contributed by atoms with E-state index in [2.05, 4.69) is 33.2 Å². The smallest absolute Gasteiger partial charge is 0.00461 e. The van der Waals surface area contributed by atoms with Crippen molar-refractivity contribution in [1.29, 1.82) is 0 Å². The van der Waals surface area contributed by atoms with Crippen LogP contribution in [0.5, 0.6) is 0 Å². The van der Waals surface area contributed by atoms with E-state index < -0.39 is 0 Å². The molecular formula is C10H30N5. The molecule has 0 aromatic carbocycles. The molecule has 0 aromatic heterocycles. The van der Waals surface area contributed by atoms with Crippen LogP contribution in [0.2, 0.25) is 0 Å². The highest BCUT2D eigenvalue weighted by Crippen LogP contribution is 1.24. The molecule has 0 spiro atoms. The Morgan fingerprint density at radius 2 is 0.600 bits per heavy atom. The van der Waals surface area contributed by atoms with Crippen LogP contribution in [0.3, 0.4) is 0 Å². The third kappa shape index (κ3) is 1030. The number of hydrogen-bond acceptors (Lipinski definition) is 5. The molecule has 0 rings (SSSR count). The molecule has 5 nitrogen and oxygen atoms in total. The quantitative estimate of drug-likeness (QED) is 0.389. The van der Waals surface area contributed by atoms with Gasteiger partial charge >= 0.3 is 0 Å². The predicted octanol–water partition coefficient (Wildman–Crippen LogP) is -0.809. The number of rotatable bonds is 2. The highest BCUT2D eigenvalue weighted by molar-refractivity contribution is 4.26. The first-order chi connectivity index (χ1) is 7.24. The lowest BCUT2D eigenvalue weighted by Gasteiger charge is -1.72. The van der Waals surface area contributed by atoms with E-state index in [1.54, 1.807) is 0 Å². The Morgan fingerprint density at radius 1 is 0.533 bits per heavy atom. The highest BCUT2D eigenvalue weighted by Gasteiger charge is 1.54. The Balaban J connectivity index is -0.0000000289. The Kier molecular flexibility index (Phi) is 213. The molecule has 0 fully saturated rings. The fourth-order valence-corrected chi connectivity index (χ4v) is 0. The summed E-state index contributed by atoms with van der Waals surface area (Å²) in [5.41, 5.74) is 24.3. The van der Waals surface area contributed by atoms with Gasteiger partial charge in [0, 0.05) is 26.2 Å². The van der Waals surface area contributed by atoms with Gasteiger partial charge in [-0.15, -0.1) is 26.3 Å². The fraction of sp³-hybridized carbons (Fsp3) is 0.500. The molecule has 10 N–H and O–H groups in total. The van der Waals surface area contributed by atoms with Gasteiger partial charge in [0.1, 0.15) is 0 Å². The molecular weight excluding hydrogens is 190 g/mol. The average molecular weight is 220 g/mol. The third-order valence-corrected chi connectivity index (χ3v) is 0.333. The lowest BCUT2D eigenvalue weighted by atomic mass is 10.7. The van der Waals surface area contributed by atoms with Crippen molar-refractivity contribution in [3.05, 3.63) is 33.2 Å². The molecule has 0 aromatic rings.